The summed E-state index contributed by atoms with van der Waals surface area (Å²) in [6, 6.07) is 6.18. The van der Waals surface area contributed by atoms with Gasteiger partial charge in [-0.25, -0.2) is 0 Å². The molecule has 2 N–H and O–H groups in total. The maximum atomic E-state index is 6.11. The zero-order valence-electron chi connectivity index (χ0n) is 10.0. The molecule has 0 amide bonds. The lowest BCUT2D eigenvalue weighted by Gasteiger charge is -2.24. The summed E-state index contributed by atoms with van der Waals surface area (Å²) < 4.78 is 0.981. The van der Waals surface area contributed by atoms with Gasteiger partial charge in [0.2, 0.25) is 0 Å². The Labute approximate surface area is 127 Å². The molecule has 0 atom stereocenters. The van der Waals surface area contributed by atoms with Gasteiger partial charge >= 0.3 is 0 Å². The minimum absolute atomic E-state index is 0.504. The first-order chi connectivity index (χ1) is 8.65. The maximum Gasteiger partial charge on any atom is 0.171 e. The van der Waals surface area contributed by atoms with Crippen LogP contribution in [0.5, 0.6) is 0 Å². The fraction of sp³-hybridized carbons (Fsp3) is 0.462. The van der Waals surface area contributed by atoms with E-state index in [1.54, 1.807) is 0 Å². The largest absolute Gasteiger partial charge is 0.360 e. The Morgan fingerprint density at radius 1 is 1.28 bits per heavy atom. The Morgan fingerprint density at radius 3 is 2.72 bits per heavy atom. The van der Waals surface area contributed by atoms with Gasteiger partial charge in [0.05, 0.1) is 10.7 Å². The molecule has 0 bridgehead atoms. The van der Waals surface area contributed by atoms with E-state index in [9.17, 15) is 0 Å². The van der Waals surface area contributed by atoms with Gasteiger partial charge in [0.25, 0.3) is 0 Å². The van der Waals surface area contributed by atoms with Crippen LogP contribution in [0.15, 0.2) is 22.7 Å². The molecule has 0 radical (unpaired) electrons. The summed E-state index contributed by atoms with van der Waals surface area (Å²) in [7, 11) is 0. The van der Waals surface area contributed by atoms with Crippen LogP contribution in [0.25, 0.3) is 0 Å². The normalized spacial score (nSPS) is 16.3. The van der Waals surface area contributed by atoms with E-state index >= 15 is 0 Å². The first-order valence-corrected chi connectivity index (χ1v) is 7.75. The van der Waals surface area contributed by atoms with Crippen LogP contribution in [0.4, 0.5) is 5.69 Å². The molecule has 1 saturated carbocycles. The van der Waals surface area contributed by atoms with Crippen LogP contribution in [0.2, 0.25) is 5.02 Å². The van der Waals surface area contributed by atoms with Gasteiger partial charge < -0.3 is 10.6 Å². The number of nitrogens with one attached hydrogen (secondary N) is 2. The van der Waals surface area contributed by atoms with E-state index in [0.29, 0.717) is 16.2 Å². The predicted octanol–water partition coefficient (Wildman–Crippen LogP) is 4.72. The van der Waals surface area contributed by atoms with Crippen molar-refractivity contribution < 1.29 is 0 Å². The molecule has 1 aromatic rings. The highest BCUT2D eigenvalue weighted by Crippen LogP contribution is 2.25. The number of halogens is 2. The van der Waals surface area contributed by atoms with Gasteiger partial charge in [-0.15, -0.1) is 0 Å². The lowest BCUT2D eigenvalue weighted by molar-refractivity contribution is 0.415. The van der Waals surface area contributed by atoms with Gasteiger partial charge in [0.1, 0.15) is 0 Å². The average molecular weight is 348 g/mol. The molecule has 2 nitrogen and oxygen atoms in total. The first-order valence-electron chi connectivity index (χ1n) is 6.18. The predicted molar refractivity (Wildman–Crippen MR) is 85.4 cm³/mol. The summed E-state index contributed by atoms with van der Waals surface area (Å²) >= 11 is 14.9. The molecule has 0 unspecified atom stereocenters. The third kappa shape index (κ3) is 4.11. The van der Waals surface area contributed by atoms with Crippen LogP contribution in [0, 0.1) is 0 Å². The molecule has 1 fully saturated rings. The van der Waals surface area contributed by atoms with E-state index < -0.39 is 0 Å². The van der Waals surface area contributed by atoms with Crippen molar-refractivity contribution >= 4 is 50.5 Å². The highest BCUT2D eigenvalue weighted by molar-refractivity contribution is 9.10. The van der Waals surface area contributed by atoms with Crippen molar-refractivity contribution in [2.45, 2.75) is 38.1 Å². The van der Waals surface area contributed by atoms with Gasteiger partial charge in [-0.2, -0.15) is 0 Å². The molecular formula is C13H16BrClN2S. The summed E-state index contributed by atoms with van der Waals surface area (Å²) in [5.41, 5.74) is 0.833. The summed E-state index contributed by atoms with van der Waals surface area (Å²) in [5.74, 6) is 0. The first kappa shape index (κ1) is 14.1. The minimum atomic E-state index is 0.504. The number of thiocarbonyl (C=S) groups is 1. The van der Waals surface area contributed by atoms with Crippen molar-refractivity contribution in [3.63, 3.8) is 0 Å². The van der Waals surface area contributed by atoms with Crippen LogP contribution in [0.1, 0.15) is 32.1 Å². The van der Waals surface area contributed by atoms with Crippen LogP contribution in [0.3, 0.4) is 0 Å². The fourth-order valence-electron chi connectivity index (χ4n) is 2.18. The van der Waals surface area contributed by atoms with Gasteiger partial charge in [-0.1, -0.05) is 46.8 Å². The molecule has 0 heterocycles. The zero-order valence-corrected chi connectivity index (χ0v) is 13.2. The molecule has 0 aromatic heterocycles. The van der Waals surface area contributed by atoms with Crippen molar-refractivity contribution in [3.05, 3.63) is 27.7 Å². The number of anilines is 1. The minimum Gasteiger partial charge on any atom is -0.360 e. The smallest absolute Gasteiger partial charge is 0.171 e. The molecule has 0 saturated heterocycles. The topological polar surface area (TPSA) is 24.1 Å². The number of rotatable bonds is 2. The molecule has 1 aliphatic rings. The van der Waals surface area contributed by atoms with Crippen LogP contribution in [-0.4, -0.2) is 11.2 Å². The van der Waals surface area contributed by atoms with E-state index in [-0.39, 0.29) is 0 Å². The summed E-state index contributed by atoms with van der Waals surface area (Å²) in [4.78, 5) is 0. The van der Waals surface area contributed by atoms with Crippen LogP contribution >= 0.6 is 39.7 Å². The van der Waals surface area contributed by atoms with Crippen LogP contribution < -0.4 is 10.6 Å². The Balaban J connectivity index is 1.92. The highest BCUT2D eigenvalue weighted by Gasteiger charge is 2.14. The van der Waals surface area contributed by atoms with Gasteiger partial charge in [0, 0.05) is 10.5 Å². The SMILES string of the molecule is S=C(Nc1cc(Br)ccc1Cl)NC1CCCCC1. The van der Waals surface area contributed by atoms with E-state index in [1.165, 1.54) is 32.1 Å². The summed E-state index contributed by atoms with van der Waals surface area (Å²) in [6.45, 7) is 0. The molecule has 2 rings (SSSR count). The maximum absolute atomic E-state index is 6.11. The number of hydrogen-bond donors (Lipinski definition) is 2. The Hall–Kier alpha value is -0.320. The van der Waals surface area contributed by atoms with Crippen molar-refractivity contribution in [3.8, 4) is 0 Å². The Kier molecular flexibility index (Phi) is 5.27. The molecule has 0 spiro atoms. The monoisotopic (exact) mass is 346 g/mol. The lowest BCUT2D eigenvalue weighted by Crippen LogP contribution is -2.38. The number of benzene rings is 1. The van der Waals surface area contributed by atoms with Gasteiger partial charge in [-0.3, -0.25) is 0 Å². The van der Waals surface area contributed by atoms with Crippen molar-refractivity contribution in [2.24, 2.45) is 0 Å². The van der Waals surface area contributed by atoms with Crippen molar-refractivity contribution in [1.82, 2.24) is 5.32 Å². The standard InChI is InChI=1S/C13H16BrClN2S/c14-9-6-7-11(15)12(8-9)17-13(18)16-10-4-2-1-3-5-10/h6-8,10H,1-5H2,(H2,16,17,18). The molecule has 0 aliphatic heterocycles. The average Bonchev–Trinajstić information content (AvgIpc) is 2.35. The second-order valence-corrected chi connectivity index (χ2v) is 6.29. The number of hydrogen-bond acceptors (Lipinski definition) is 1. The summed E-state index contributed by atoms with van der Waals surface area (Å²) in [5, 5.41) is 7.84. The van der Waals surface area contributed by atoms with Gasteiger partial charge in [-0.05, 0) is 43.3 Å². The van der Waals surface area contributed by atoms with Crippen molar-refractivity contribution in [1.29, 1.82) is 0 Å². The quantitative estimate of drug-likeness (QED) is 0.757. The Morgan fingerprint density at radius 2 is 2.00 bits per heavy atom. The second-order valence-electron chi connectivity index (χ2n) is 4.56. The third-order valence-electron chi connectivity index (χ3n) is 3.12. The van der Waals surface area contributed by atoms with Crippen LogP contribution in [-0.2, 0) is 0 Å². The van der Waals surface area contributed by atoms with E-state index in [4.69, 9.17) is 23.8 Å². The molecule has 5 heteroatoms. The van der Waals surface area contributed by atoms with E-state index in [0.717, 1.165) is 10.2 Å². The molecule has 1 aromatic carbocycles. The second kappa shape index (κ2) is 6.73. The Bertz CT molecular complexity index is 433. The van der Waals surface area contributed by atoms with Gasteiger partial charge in [0.15, 0.2) is 5.11 Å². The van der Waals surface area contributed by atoms with Crippen molar-refractivity contribution in [2.75, 3.05) is 5.32 Å². The lowest BCUT2D eigenvalue weighted by atomic mass is 9.96. The highest BCUT2D eigenvalue weighted by atomic mass is 79.9. The zero-order chi connectivity index (χ0) is 13.0. The molecule has 1 aliphatic carbocycles. The molecule has 18 heavy (non-hydrogen) atoms. The summed E-state index contributed by atoms with van der Waals surface area (Å²) in [6.07, 6.45) is 6.33. The molecular weight excluding hydrogens is 332 g/mol. The molecule has 98 valence electrons. The third-order valence-corrected chi connectivity index (χ3v) is 4.16. The van der Waals surface area contributed by atoms with E-state index in [1.807, 2.05) is 18.2 Å². The van der Waals surface area contributed by atoms with E-state index in [2.05, 4.69) is 26.6 Å². The fourth-order valence-corrected chi connectivity index (χ4v) is 2.99.